The first kappa shape index (κ1) is 14.3. The highest BCUT2D eigenvalue weighted by atomic mass is 16.5. The summed E-state index contributed by atoms with van der Waals surface area (Å²) in [5, 5.41) is 1.02. The lowest BCUT2D eigenvalue weighted by Crippen LogP contribution is -2.47. The molecule has 1 aliphatic rings. The molecule has 1 aromatic carbocycles. The number of ether oxygens (including phenoxy) is 1. The van der Waals surface area contributed by atoms with Gasteiger partial charge in [-0.15, -0.1) is 0 Å². The minimum absolute atomic E-state index is 0.135. The van der Waals surface area contributed by atoms with E-state index in [2.05, 4.69) is 24.8 Å². The first-order chi connectivity index (χ1) is 9.93. The molecule has 1 aliphatic heterocycles. The summed E-state index contributed by atoms with van der Waals surface area (Å²) in [7, 11) is 0. The second kappa shape index (κ2) is 5.28. The summed E-state index contributed by atoms with van der Waals surface area (Å²) in [6.45, 7) is 9.41. The van der Waals surface area contributed by atoms with Gasteiger partial charge in [0.05, 0.1) is 12.2 Å². The molecular formula is C17H21NO3. The molecule has 0 radical (unpaired) electrons. The van der Waals surface area contributed by atoms with Crippen LogP contribution in [0.5, 0.6) is 0 Å². The van der Waals surface area contributed by atoms with Crippen LogP contribution in [-0.4, -0.2) is 30.2 Å². The first-order valence-corrected chi connectivity index (χ1v) is 7.33. The summed E-state index contributed by atoms with van der Waals surface area (Å²) in [6.07, 6.45) is 0. The maximum atomic E-state index is 11.8. The quantitative estimate of drug-likeness (QED) is 0.797. The van der Waals surface area contributed by atoms with Crippen LogP contribution in [0.2, 0.25) is 0 Å². The Hall–Kier alpha value is -1.65. The second-order valence-electron chi connectivity index (χ2n) is 6.41. The average molecular weight is 287 g/mol. The van der Waals surface area contributed by atoms with Crippen molar-refractivity contribution in [1.82, 2.24) is 4.90 Å². The van der Waals surface area contributed by atoms with Gasteiger partial charge >= 0.3 is 5.63 Å². The molecule has 2 heterocycles. The van der Waals surface area contributed by atoms with Gasteiger partial charge in [0.25, 0.3) is 0 Å². The third kappa shape index (κ3) is 3.17. The Morgan fingerprint density at radius 1 is 1.29 bits per heavy atom. The molecule has 0 N–H and O–H groups in total. The molecule has 0 spiro atoms. The predicted molar refractivity (Wildman–Crippen MR) is 82.5 cm³/mol. The number of hydrogen-bond donors (Lipinski definition) is 0. The van der Waals surface area contributed by atoms with E-state index in [1.165, 1.54) is 0 Å². The van der Waals surface area contributed by atoms with Crippen LogP contribution < -0.4 is 5.63 Å². The molecule has 112 valence electrons. The average Bonchev–Trinajstić information content (AvgIpc) is 2.36. The van der Waals surface area contributed by atoms with Crippen LogP contribution in [0.15, 0.2) is 33.5 Å². The van der Waals surface area contributed by atoms with Gasteiger partial charge in [-0.3, -0.25) is 4.90 Å². The van der Waals surface area contributed by atoms with Crippen molar-refractivity contribution in [3.8, 4) is 0 Å². The maximum Gasteiger partial charge on any atom is 0.336 e. The Morgan fingerprint density at radius 2 is 2.10 bits per heavy atom. The molecule has 2 aromatic rings. The lowest BCUT2D eigenvalue weighted by Gasteiger charge is -2.38. The number of fused-ring (bicyclic) bond motifs is 1. The summed E-state index contributed by atoms with van der Waals surface area (Å²) in [5.41, 5.74) is 2.37. The van der Waals surface area contributed by atoms with Gasteiger partial charge in [0.15, 0.2) is 0 Å². The highest BCUT2D eigenvalue weighted by molar-refractivity contribution is 5.80. The molecule has 0 atom stereocenters. The van der Waals surface area contributed by atoms with Gasteiger partial charge in [0.2, 0.25) is 0 Å². The normalized spacial score (nSPS) is 19.0. The fraction of sp³-hybridized carbons (Fsp3) is 0.471. The van der Waals surface area contributed by atoms with Crippen molar-refractivity contribution >= 4 is 11.0 Å². The fourth-order valence-corrected chi connectivity index (χ4v) is 2.96. The monoisotopic (exact) mass is 287 g/mol. The van der Waals surface area contributed by atoms with E-state index in [1.54, 1.807) is 6.07 Å². The minimum Gasteiger partial charge on any atom is -0.423 e. The van der Waals surface area contributed by atoms with Gasteiger partial charge in [-0.25, -0.2) is 4.79 Å². The number of morpholine rings is 1. The van der Waals surface area contributed by atoms with E-state index >= 15 is 0 Å². The summed E-state index contributed by atoms with van der Waals surface area (Å²) in [4.78, 5) is 14.1. The molecule has 0 saturated carbocycles. The SMILES string of the molecule is Cc1ccc2c(CN3CCOC(C)(C)C3)cc(=O)oc2c1. The maximum absolute atomic E-state index is 11.8. The molecule has 1 fully saturated rings. The summed E-state index contributed by atoms with van der Waals surface area (Å²) in [5.74, 6) is 0. The van der Waals surface area contributed by atoms with Gasteiger partial charge in [-0.05, 0) is 38.0 Å². The zero-order valence-electron chi connectivity index (χ0n) is 12.8. The molecule has 0 aliphatic carbocycles. The highest BCUT2D eigenvalue weighted by Crippen LogP contribution is 2.23. The van der Waals surface area contributed by atoms with E-state index in [4.69, 9.17) is 9.15 Å². The van der Waals surface area contributed by atoms with E-state index in [1.807, 2.05) is 19.1 Å². The van der Waals surface area contributed by atoms with E-state index in [9.17, 15) is 4.79 Å². The molecular weight excluding hydrogens is 266 g/mol. The van der Waals surface area contributed by atoms with Gasteiger partial charge in [0, 0.05) is 31.1 Å². The largest absolute Gasteiger partial charge is 0.423 e. The molecule has 4 heteroatoms. The van der Waals surface area contributed by atoms with Crippen LogP contribution in [0.25, 0.3) is 11.0 Å². The first-order valence-electron chi connectivity index (χ1n) is 7.33. The van der Waals surface area contributed by atoms with Gasteiger partial charge in [0.1, 0.15) is 5.58 Å². The Morgan fingerprint density at radius 3 is 2.86 bits per heavy atom. The Bertz CT molecular complexity index is 718. The number of nitrogens with zero attached hydrogens (tertiary/aromatic N) is 1. The van der Waals surface area contributed by atoms with E-state index in [-0.39, 0.29) is 11.2 Å². The third-order valence-corrected chi connectivity index (χ3v) is 3.88. The highest BCUT2D eigenvalue weighted by Gasteiger charge is 2.27. The summed E-state index contributed by atoms with van der Waals surface area (Å²) < 4.78 is 11.1. The van der Waals surface area contributed by atoms with Crippen molar-refractivity contribution < 1.29 is 9.15 Å². The van der Waals surface area contributed by atoms with Gasteiger partial charge in [-0.2, -0.15) is 0 Å². The fourth-order valence-electron chi connectivity index (χ4n) is 2.96. The number of aryl methyl sites for hydroxylation is 1. The standard InChI is InChI=1S/C17H21NO3/c1-12-4-5-14-13(9-16(19)21-15(14)8-12)10-18-6-7-20-17(2,3)11-18/h4-5,8-9H,6-7,10-11H2,1-3H3. The summed E-state index contributed by atoms with van der Waals surface area (Å²) >= 11 is 0. The topological polar surface area (TPSA) is 42.7 Å². The van der Waals surface area contributed by atoms with Crippen molar-refractivity contribution in [2.45, 2.75) is 32.9 Å². The number of hydrogen-bond acceptors (Lipinski definition) is 4. The zero-order valence-corrected chi connectivity index (χ0v) is 12.8. The molecule has 1 aromatic heterocycles. The van der Waals surface area contributed by atoms with E-state index in [0.29, 0.717) is 5.58 Å². The van der Waals surface area contributed by atoms with Crippen molar-refractivity contribution in [3.63, 3.8) is 0 Å². The van der Waals surface area contributed by atoms with Crippen molar-refractivity contribution in [2.75, 3.05) is 19.7 Å². The smallest absolute Gasteiger partial charge is 0.336 e. The molecule has 4 nitrogen and oxygen atoms in total. The predicted octanol–water partition coefficient (Wildman–Crippen LogP) is 2.71. The molecule has 0 bridgehead atoms. The Kier molecular flexibility index (Phi) is 3.59. The van der Waals surface area contributed by atoms with E-state index in [0.717, 1.165) is 42.8 Å². The molecule has 21 heavy (non-hydrogen) atoms. The second-order valence-corrected chi connectivity index (χ2v) is 6.41. The lowest BCUT2D eigenvalue weighted by molar-refractivity contribution is -0.0882. The van der Waals surface area contributed by atoms with Crippen molar-refractivity contribution in [2.24, 2.45) is 0 Å². The molecule has 0 amide bonds. The van der Waals surface area contributed by atoms with Crippen molar-refractivity contribution in [1.29, 1.82) is 0 Å². The minimum atomic E-state index is -0.282. The van der Waals surface area contributed by atoms with Gasteiger partial charge < -0.3 is 9.15 Å². The Labute approximate surface area is 124 Å². The Balaban J connectivity index is 1.95. The van der Waals surface area contributed by atoms with Gasteiger partial charge in [-0.1, -0.05) is 12.1 Å². The van der Waals surface area contributed by atoms with Crippen LogP contribution >= 0.6 is 0 Å². The van der Waals surface area contributed by atoms with Crippen LogP contribution in [0.3, 0.4) is 0 Å². The van der Waals surface area contributed by atoms with Crippen LogP contribution in [0.4, 0.5) is 0 Å². The third-order valence-electron chi connectivity index (χ3n) is 3.88. The van der Waals surface area contributed by atoms with E-state index < -0.39 is 0 Å². The van der Waals surface area contributed by atoms with Crippen LogP contribution in [0, 0.1) is 6.92 Å². The molecule has 3 rings (SSSR count). The zero-order chi connectivity index (χ0) is 15.0. The summed E-state index contributed by atoms with van der Waals surface area (Å²) in [6, 6.07) is 7.62. The molecule has 1 saturated heterocycles. The van der Waals surface area contributed by atoms with Crippen molar-refractivity contribution in [3.05, 3.63) is 45.8 Å². The van der Waals surface area contributed by atoms with Crippen LogP contribution in [0.1, 0.15) is 25.0 Å². The lowest BCUT2D eigenvalue weighted by atomic mass is 10.0. The van der Waals surface area contributed by atoms with Crippen LogP contribution in [-0.2, 0) is 11.3 Å². The number of rotatable bonds is 2. The number of benzene rings is 1. The molecule has 0 unspecified atom stereocenters.